The van der Waals surface area contributed by atoms with Crippen molar-refractivity contribution in [3.8, 4) is 22.6 Å². The van der Waals surface area contributed by atoms with E-state index in [9.17, 15) is 15.0 Å². The number of aldehydes is 1. The van der Waals surface area contributed by atoms with E-state index < -0.39 is 6.10 Å². The van der Waals surface area contributed by atoms with Crippen LogP contribution < -0.4 is 15.4 Å². The monoisotopic (exact) mass is 496 g/mol. The topological polar surface area (TPSA) is 90.8 Å². The van der Waals surface area contributed by atoms with Gasteiger partial charge in [-0.15, -0.1) is 0 Å². The number of aliphatic hydroxyl groups excluding tert-OH is 1. The molecule has 0 saturated heterocycles. The first-order chi connectivity index (χ1) is 18.1. The molecule has 0 saturated carbocycles. The van der Waals surface area contributed by atoms with E-state index in [-0.39, 0.29) is 11.3 Å². The highest BCUT2D eigenvalue weighted by molar-refractivity contribution is 5.79. The van der Waals surface area contributed by atoms with E-state index in [1.54, 1.807) is 6.07 Å². The Morgan fingerprint density at radius 2 is 1.68 bits per heavy atom. The van der Waals surface area contributed by atoms with E-state index in [4.69, 9.17) is 4.74 Å². The Morgan fingerprint density at radius 1 is 0.919 bits per heavy atom. The molecule has 4 rings (SSSR count). The minimum Gasteiger partial charge on any atom is -0.507 e. The van der Waals surface area contributed by atoms with Crippen LogP contribution in [0.2, 0.25) is 0 Å². The molecule has 0 amide bonds. The molecular weight excluding hydrogens is 464 g/mol. The zero-order valence-electron chi connectivity index (χ0n) is 20.9. The fourth-order valence-electron chi connectivity index (χ4n) is 4.12. The number of hydrogen-bond donors (Lipinski definition) is 4. The van der Waals surface area contributed by atoms with Gasteiger partial charge in [0, 0.05) is 23.5 Å². The Morgan fingerprint density at radius 3 is 2.41 bits per heavy atom. The molecule has 0 heterocycles. The molecule has 0 aliphatic heterocycles. The van der Waals surface area contributed by atoms with E-state index in [2.05, 4.69) is 53.1 Å². The highest BCUT2D eigenvalue weighted by Gasteiger charge is 2.11. The fraction of sp³-hybridized carbons (Fsp3) is 0.194. The number of aliphatic hydroxyl groups is 1. The van der Waals surface area contributed by atoms with Crippen molar-refractivity contribution in [3.05, 3.63) is 108 Å². The van der Waals surface area contributed by atoms with Crippen LogP contribution in [0.25, 0.3) is 11.1 Å². The van der Waals surface area contributed by atoms with Gasteiger partial charge >= 0.3 is 0 Å². The smallest absolute Gasteiger partial charge is 0.153 e. The van der Waals surface area contributed by atoms with Crippen molar-refractivity contribution < 1.29 is 19.7 Å². The third-order valence-electron chi connectivity index (χ3n) is 6.10. The number of hydrogen-bond acceptors (Lipinski definition) is 6. The molecule has 6 heteroatoms. The number of carbonyl (C=O) groups is 1. The molecule has 4 aromatic carbocycles. The number of ether oxygens (including phenoxy) is 1. The average Bonchev–Trinajstić information content (AvgIpc) is 2.93. The summed E-state index contributed by atoms with van der Waals surface area (Å²) >= 11 is 0. The van der Waals surface area contributed by atoms with Gasteiger partial charge in [0.1, 0.15) is 11.5 Å². The van der Waals surface area contributed by atoms with Crippen molar-refractivity contribution in [3.63, 3.8) is 0 Å². The maximum Gasteiger partial charge on any atom is 0.153 e. The Bertz CT molecular complexity index is 1310. The number of carbonyl (C=O) groups excluding carboxylic acids is 1. The molecule has 0 unspecified atom stereocenters. The molecule has 0 bridgehead atoms. The lowest BCUT2D eigenvalue weighted by molar-refractivity contribution is 0.112. The Kier molecular flexibility index (Phi) is 8.92. The largest absolute Gasteiger partial charge is 0.507 e. The van der Waals surface area contributed by atoms with Crippen LogP contribution in [0.1, 0.15) is 34.5 Å². The van der Waals surface area contributed by atoms with Crippen LogP contribution >= 0.6 is 0 Å². The molecule has 0 aliphatic rings. The molecule has 0 aromatic heterocycles. The zero-order valence-corrected chi connectivity index (χ0v) is 20.9. The predicted octanol–water partition coefficient (Wildman–Crippen LogP) is 5.88. The second kappa shape index (κ2) is 12.7. The molecule has 4 aromatic rings. The molecule has 4 N–H and O–H groups in total. The number of nitrogens with one attached hydrogen (secondary N) is 2. The molecule has 190 valence electrons. The quantitative estimate of drug-likeness (QED) is 0.145. The van der Waals surface area contributed by atoms with E-state index in [1.807, 2.05) is 37.3 Å². The molecule has 0 radical (unpaired) electrons. The first-order valence-corrected chi connectivity index (χ1v) is 12.4. The summed E-state index contributed by atoms with van der Waals surface area (Å²) in [5.41, 5.74) is 6.08. The third-order valence-corrected chi connectivity index (χ3v) is 6.10. The van der Waals surface area contributed by atoms with Gasteiger partial charge in [0.25, 0.3) is 0 Å². The fourth-order valence-corrected chi connectivity index (χ4v) is 4.12. The lowest BCUT2D eigenvalue weighted by Crippen LogP contribution is -2.23. The van der Waals surface area contributed by atoms with E-state index in [0.29, 0.717) is 31.5 Å². The van der Waals surface area contributed by atoms with E-state index >= 15 is 0 Å². The number of anilines is 2. The van der Waals surface area contributed by atoms with Gasteiger partial charge in [0.05, 0.1) is 18.3 Å². The van der Waals surface area contributed by atoms with Crippen LogP contribution in [-0.4, -0.2) is 36.2 Å². The first kappa shape index (κ1) is 25.9. The van der Waals surface area contributed by atoms with Crippen LogP contribution in [0, 0.1) is 0 Å². The standard InChI is InChI=1S/C31H32N2O4/c1-2-37-31-15-13-27(19-28(31)23-6-4-3-5-7-23)33-26-11-8-22(9-12-26)16-17-32-20-30(36)24-10-14-29(35)25(18-24)21-34/h3-15,18-19,21,30,32-33,35-36H,2,16-17,20H2,1H3/t30-/m0/s1. The minimum absolute atomic E-state index is 0.0870. The van der Waals surface area contributed by atoms with Crippen molar-refractivity contribution in [2.75, 3.05) is 25.0 Å². The van der Waals surface area contributed by atoms with Gasteiger partial charge in [-0.1, -0.05) is 48.5 Å². The normalized spacial score (nSPS) is 11.6. The van der Waals surface area contributed by atoms with Crippen molar-refractivity contribution in [2.24, 2.45) is 0 Å². The van der Waals surface area contributed by atoms with Crippen molar-refractivity contribution in [1.29, 1.82) is 0 Å². The van der Waals surface area contributed by atoms with E-state index in [0.717, 1.165) is 34.7 Å². The highest BCUT2D eigenvalue weighted by Crippen LogP contribution is 2.33. The lowest BCUT2D eigenvalue weighted by atomic mass is 10.0. The van der Waals surface area contributed by atoms with Crippen molar-refractivity contribution >= 4 is 17.7 Å². The summed E-state index contributed by atoms with van der Waals surface area (Å²) in [6.45, 7) is 3.64. The molecule has 0 fully saturated rings. The average molecular weight is 497 g/mol. The number of aromatic hydroxyl groups is 1. The number of phenolic OH excluding ortho intramolecular Hbond substituents is 1. The number of rotatable bonds is 12. The molecule has 0 aliphatic carbocycles. The van der Waals surface area contributed by atoms with Crippen LogP contribution in [0.15, 0.2) is 91.0 Å². The van der Waals surface area contributed by atoms with Crippen molar-refractivity contribution in [1.82, 2.24) is 5.32 Å². The maximum atomic E-state index is 11.0. The zero-order chi connectivity index (χ0) is 26.0. The molecule has 0 spiro atoms. The van der Waals surface area contributed by atoms with Gasteiger partial charge in [0.2, 0.25) is 0 Å². The summed E-state index contributed by atoms with van der Waals surface area (Å²) in [5.74, 6) is 0.776. The van der Waals surface area contributed by atoms with Crippen LogP contribution in [-0.2, 0) is 6.42 Å². The van der Waals surface area contributed by atoms with Crippen LogP contribution in [0.4, 0.5) is 11.4 Å². The third kappa shape index (κ3) is 6.97. The van der Waals surface area contributed by atoms with Gasteiger partial charge < -0.3 is 25.6 Å². The Hall–Kier alpha value is -4.13. The summed E-state index contributed by atoms with van der Waals surface area (Å²) in [6, 6.07) is 29.2. The van der Waals surface area contributed by atoms with Gasteiger partial charge in [-0.05, 0) is 79.0 Å². The summed E-state index contributed by atoms with van der Waals surface area (Å²) in [4.78, 5) is 11.0. The second-order valence-electron chi connectivity index (χ2n) is 8.74. The molecule has 37 heavy (non-hydrogen) atoms. The number of phenols is 1. The molecule has 1 atom stereocenters. The van der Waals surface area contributed by atoms with Gasteiger partial charge in [-0.25, -0.2) is 0 Å². The van der Waals surface area contributed by atoms with Gasteiger partial charge in [0.15, 0.2) is 6.29 Å². The second-order valence-corrected chi connectivity index (χ2v) is 8.74. The SMILES string of the molecule is CCOc1ccc(Nc2ccc(CCNC[C@H](O)c3ccc(O)c(C=O)c3)cc2)cc1-c1ccccc1. The maximum absolute atomic E-state index is 11.0. The first-order valence-electron chi connectivity index (χ1n) is 12.4. The summed E-state index contributed by atoms with van der Waals surface area (Å²) < 4.78 is 5.84. The van der Waals surface area contributed by atoms with Crippen molar-refractivity contribution in [2.45, 2.75) is 19.4 Å². The van der Waals surface area contributed by atoms with Crippen LogP contribution in [0.3, 0.4) is 0 Å². The summed E-state index contributed by atoms with van der Waals surface area (Å²) in [5, 5.41) is 26.7. The minimum atomic E-state index is -0.763. The molecular formula is C31H32N2O4. The van der Waals surface area contributed by atoms with Gasteiger partial charge in [-0.3, -0.25) is 4.79 Å². The Labute approximate surface area is 217 Å². The lowest BCUT2D eigenvalue weighted by Gasteiger charge is -2.14. The number of benzene rings is 4. The molecule has 6 nitrogen and oxygen atoms in total. The summed E-state index contributed by atoms with van der Waals surface area (Å²) in [7, 11) is 0. The highest BCUT2D eigenvalue weighted by atomic mass is 16.5. The van der Waals surface area contributed by atoms with Gasteiger partial charge in [-0.2, -0.15) is 0 Å². The van der Waals surface area contributed by atoms with E-state index in [1.165, 1.54) is 17.7 Å². The Balaban J connectivity index is 1.31. The predicted molar refractivity (Wildman–Crippen MR) is 148 cm³/mol. The summed E-state index contributed by atoms with van der Waals surface area (Å²) in [6.07, 6.45) is 0.625. The van der Waals surface area contributed by atoms with Crippen LogP contribution in [0.5, 0.6) is 11.5 Å².